The highest BCUT2D eigenvalue weighted by Crippen LogP contribution is 2.24. The molecule has 0 aromatic heterocycles. The molecular formula is C19H18O4. The predicted molar refractivity (Wildman–Crippen MR) is 89.1 cm³/mol. The lowest BCUT2D eigenvalue weighted by atomic mass is 9.98. The second-order valence-corrected chi connectivity index (χ2v) is 5.01. The second-order valence-electron chi connectivity index (χ2n) is 5.01. The van der Waals surface area contributed by atoms with Gasteiger partial charge in [-0.1, -0.05) is 43.3 Å². The molecule has 0 aliphatic rings. The highest BCUT2D eigenvalue weighted by atomic mass is 16.5. The molecule has 0 amide bonds. The van der Waals surface area contributed by atoms with Crippen LogP contribution in [0, 0.1) is 0 Å². The monoisotopic (exact) mass is 310 g/mol. The van der Waals surface area contributed by atoms with Crippen LogP contribution in [-0.2, 0) is 9.53 Å². The van der Waals surface area contributed by atoms with Crippen molar-refractivity contribution < 1.29 is 19.4 Å². The molecule has 0 spiro atoms. The highest BCUT2D eigenvalue weighted by Gasteiger charge is 2.06. The Morgan fingerprint density at radius 1 is 0.957 bits per heavy atom. The first-order valence-corrected chi connectivity index (χ1v) is 7.27. The van der Waals surface area contributed by atoms with Crippen molar-refractivity contribution in [2.45, 2.75) is 13.3 Å². The summed E-state index contributed by atoms with van der Waals surface area (Å²) in [5.41, 5.74) is 4.06. The molecule has 4 nitrogen and oxygen atoms in total. The summed E-state index contributed by atoms with van der Waals surface area (Å²) in [6.07, 6.45) is 2.22. The number of methoxy groups -OCH3 is 1. The minimum atomic E-state index is -0.938. The summed E-state index contributed by atoms with van der Waals surface area (Å²) in [6.45, 7) is 1.98. The van der Waals surface area contributed by atoms with Gasteiger partial charge < -0.3 is 9.84 Å². The molecule has 0 aliphatic carbocycles. The molecule has 0 fully saturated rings. The van der Waals surface area contributed by atoms with Crippen molar-refractivity contribution in [2.75, 3.05) is 7.11 Å². The lowest BCUT2D eigenvalue weighted by Gasteiger charge is -2.07. The van der Waals surface area contributed by atoms with Crippen LogP contribution < -0.4 is 0 Å². The third-order valence-corrected chi connectivity index (χ3v) is 3.60. The molecule has 0 atom stereocenters. The van der Waals surface area contributed by atoms with Crippen molar-refractivity contribution in [2.24, 2.45) is 0 Å². The summed E-state index contributed by atoms with van der Waals surface area (Å²) < 4.78 is 4.66. The van der Waals surface area contributed by atoms with Crippen molar-refractivity contribution in [3.8, 4) is 11.1 Å². The molecule has 4 heteroatoms. The molecule has 2 aromatic carbocycles. The summed E-state index contributed by atoms with van der Waals surface area (Å²) in [5.74, 6) is -1.30. The van der Waals surface area contributed by atoms with Crippen molar-refractivity contribution in [1.29, 1.82) is 0 Å². The number of ether oxygens (including phenoxy) is 1. The molecule has 0 heterocycles. The zero-order valence-electron chi connectivity index (χ0n) is 13.1. The number of esters is 1. The number of rotatable bonds is 5. The Balaban J connectivity index is 2.26. The van der Waals surface area contributed by atoms with E-state index in [0.29, 0.717) is 0 Å². The average molecular weight is 310 g/mol. The third-order valence-electron chi connectivity index (χ3n) is 3.60. The van der Waals surface area contributed by atoms with Gasteiger partial charge >= 0.3 is 11.9 Å². The predicted octanol–water partition coefficient (Wildman–Crippen LogP) is 4.02. The molecule has 0 bridgehead atoms. The van der Waals surface area contributed by atoms with E-state index in [1.165, 1.54) is 13.2 Å². The third kappa shape index (κ3) is 4.07. The SMILES string of the molecule is CC/C(=C\C(=O)OC)c1ccc(-c2ccc(C(=O)O)cc2)cc1. The number of carbonyl (C=O) groups is 2. The van der Waals surface area contributed by atoms with E-state index in [2.05, 4.69) is 4.74 Å². The van der Waals surface area contributed by atoms with Gasteiger partial charge in [0.2, 0.25) is 0 Å². The Kier molecular flexibility index (Phi) is 5.31. The largest absolute Gasteiger partial charge is 0.478 e. The normalized spacial score (nSPS) is 11.1. The van der Waals surface area contributed by atoms with Crippen LogP contribution in [0.25, 0.3) is 16.7 Å². The Hall–Kier alpha value is -2.88. The van der Waals surface area contributed by atoms with E-state index in [4.69, 9.17) is 5.11 Å². The van der Waals surface area contributed by atoms with Gasteiger partial charge in [0, 0.05) is 6.08 Å². The zero-order valence-corrected chi connectivity index (χ0v) is 13.1. The standard InChI is InChI=1S/C19H18O4/c1-3-13(12-18(20)23-2)14-4-6-15(7-5-14)16-8-10-17(11-9-16)19(21)22/h4-12H,3H2,1-2H3,(H,21,22)/b13-12+. The molecule has 23 heavy (non-hydrogen) atoms. The minimum absolute atomic E-state index is 0.264. The molecule has 2 rings (SSSR count). The van der Waals surface area contributed by atoms with Crippen molar-refractivity contribution in [3.05, 3.63) is 65.7 Å². The van der Waals surface area contributed by atoms with Crippen LogP contribution in [0.15, 0.2) is 54.6 Å². The molecule has 2 aromatic rings. The first-order valence-electron chi connectivity index (χ1n) is 7.27. The van der Waals surface area contributed by atoms with E-state index in [-0.39, 0.29) is 11.5 Å². The number of carboxylic acids is 1. The van der Waals surface area contributed by atoms with E-state index >= 15 is 0 Å². The highest BCUT2D eigenvalue weighted by molar-refractivity contribution is 5.91. The van der Waals surface area contributed by atoms with Crippen LogP contribution in [0.5, 0.6) is 0 Å². The van der Waals surface area contributed by atoms with E-state index in [1.807, 2.05) is 31.2 Å². The number of aromatic carboxylic acids is 1. The zero-order chi connectivity index (χ0) is 16.8. The van der Waals surface area contributed by atoms with Gasteiger partial charge in [0.05, 0.1) is 12.7 Å². The van der Waals surface area contributed by atoms with Crippen LogP contribution in [-0.4, -0.2) is 24.2 Å². The molecule has 0 saturated carbocycles. The Morgan fingerprint density at radius 3 is 1.83 bits per heavy atom. The maximum Gasteiger partial charge on any atom is 0.335 e. The summed E-state index contributed by atoms with van der Waals surface area (Å²) in [4.78, 5) is 22.3. The number of carbonyl (C=O) groups excluding carboxylic acids is 1. The quantitative estimate of drug-likeness (QED) is 0.669. The van der Waals surface area contributed by atoms with E-state index in [9.17, 15) is 9.59 Å². The average Bonchev–Trinajstić information content (AvgIpc) is 2.59. The molecule has 0 radical (unpaired) electrons. The number of carboxylic acid groups (broad SMARTS) is 1. The Morgan fingerprint density at radius 2 is 1.43 bits per heavy atom. The van der Waals surface area contributed by atoms with Crippen molar-refractivity contribution in [3.63, 3.8) is 0 Å². The molecule has 118 valence electrons. The molecule has 0 aliphatic heterocycles. The maximum atomic E-state index is 11.4. The lowest BCUT2D eigenvalue weighted by Crippen LogP contribution is -1.97. The maximum absolute atomic E-state index is 11.4. The van der Waals surface area contributed by atoms with Crippen LogP contribution in [0.3, 0.4) is 0 Å². The van der Waals surface area contributed by atoms with Gasteiger partial charge in [-0.25, -0.2) is 9.59 Å². The van der Waals surface area contributed by atoms with Gasteiger partial charge in [0.1, 0.15) is 0 Å². The smallest absolute Gasteiger partial charge is 0.335 e. The fourth-order valence-electron chi connectivity index (χ4n) is 2.27. The van der Waals surface area contributed by atoms with Gasteiger partial charge in [0.15, 0.2) is 0 Å². The molecule has 0 saturated heterocycles. The minimum Gasteiger partial charge on any atom is -0.478 e. The summed E-state index contributed by atoms with van der Waals surface area (Å²) in [6, 6.07) is 14.5. The number of benzene rings is 2. The van der Waals surface area contributed by atoms with Gasteiger partial charge in [-0.3, -0.25) is 0 Å². The van der Waals surface area contributed by atoms with Crippen LogP contribution in [0.4, 0.5) is 0 Å². The molecular weight excluding hydrogens is 292 g/mol. The van der Waals surface area contributed by atoms with Gasteiger partial charge in [0.25, 0.3) is 0 Å². The number of allylic oxidation sites excluding steroid dienone is 1. The van der Waals surface area contributed by atoms with Crippen LogP contribution in [0.2, 0.25) is 0 Å². The fraction of sp³-hybridized carbons (Fsp3) is 0.158. The van der Waals surface area contributed by atoms with Gasteiger partial charge in [-0.05, 0) is 40.8 Å². The van der Waals surface area contributed by atoms with Gasteiger partial charge in [-0.15, -0.1) is 0 Å². The first kappa shape index (κ1) is 16.5. The lowest BCUT2D eigenvalue weighted by molar-refractivity contribution is -0.134. The van der Waals surface area contributed by atoms with Crippen LogP contribution in [0.1, 0.15) is 29.3 Å². The second kappa shape index (κ2) is 7.40. The van der Waals surface area contributed by atoms with E-state index in [1.54, 1.807) is 24.3 Å². The molecule has 1 N–H and O–H groups in total. The van der Waals surface area contributed by atoms with Crippen LogP contribution >= 0.6 is 0 Å². The number of hydrogen-bond donors (Lipinski definition) is 1. The van der Waals surface area contributed by atoms with Crippen molar-refractivity contribution in [1.82, 2.24) is 0 Å². The Labute approximate surface area is 135 Å². The topological polar surface area (TPSA) is 63.6 Å². The van der Waals surface area contributed by atoms with Crippen molar-refractivity contribution >= 4 is 17.5 Å². The Bertz CT molecular complexity index is 725. The van der Waals surface area contributed by atoms with E-state index < -0.39 is 5.97 Å². The summed E-state index contributed by atoms with van der Waals surface area (Å²) in [7, 11) is 1.36. The molecule has 0 unspecified atom stereocenters. The summed E-state index contributed by atoms with van der Waals surface area (Å²) >= 11 is 0. The van der Waals surface area contributed by atoms with Gasteiger partial charge in [-0.2, -0.15) is 0 Å². The first-order chi connectivity index (χ1) is 11.0. The van der Waals surface area contributed by atoms with E-state index in [0.717, 1.165) is 28.7 Å². The fourth-order valence-corrected chi connectivity index (χ4v) is 2.27. The summed E-state index contributed by atoms with van der Waals surface area (Å²) in [5, 5.41) is 8.92. The number of hydrogen-bond acceptors (Lipinski definition) is 3.